The van der Waals surface area contributed by atoms with Gasteiger partial charge in [0.1, 0.15) is 0 Å². The van der Waals surface area contributed by atoms with Crippen molar-refractivity contribution in [3.05, 3.63) is 35.9 Å². The van der Waals surface area contributed by atoms with Crippen LogP contribution in [0, 0.1) is 17.2 Å². The molecule has 0 aliphatic carbocycles. The maximum Gasteiger partial charge on any atom is 0.0621 e. The van der Waals surface area contributed by atoms with Crippen LogP contribution < -0.4 is 0 Å². The van der Waals surface area contributed by atoms with Gasteiger partial charge in [0.25, 0.3) is 0 Å². The highest BCUT2D eigenvalue weighted by Gasteiger charge is 2.39. The van der Waals surface area contributed by atoms with Crippen molar-refractivity contribution in [2.24, 2.45) is 5.92 Å². The van der Waals surface area contributed by atoms with Crippen LogP contribution in [0.3, 0.4) is 0 Å². The number of fused-ring (bicyclic) bond motifs is 2. The Balaban J connectivity index is 1.62. The van der Waals surface area contributed by atoms with Gasteiger partial charge in [-0.05, 0) is 43.6 Å². The molecular formula is C17H22N2. The maximum atomic E-state index is 8.73. The normalized spacial score (nSPS) is 30.2. The number of rotatable bonds is 4. The Morgan fingerprint density at radius 1 is 1.11 bits per heavy atom. The van der Waals surface area contributed by atoms with Gasteiger partial charge in [0.15, 0.2) is 0 Å². The molecule has 0 amide bonds. The predicted molar refractivity (Wildman–Crippen MR) is 76.4 cm³/mol. The average molecular weight is 254 g/mol. The first-order valence-electron chi connectivity index (χ1n) is 7.53. The minimum Gasteiger partial charge on any atom is -0.293 e. The van der Waals surface area contributed by atoms with Gasteiger partial charge in [0.2, 0.25) is 0 Å². The quantitative estimate of drug-likeness (QED) is 0.818. The molecule has 100 valence electrons. The molecular weight excluding hydrogens is 232 g/mol. The van der Waals surface area contributed by atoms with Crippen LogP contribution in [-0.2, 0) is 6.54 Å². The summed E-state index contributed by atoms with van der Waals surface area (Å²) in [5.41, 5.74) is 1.44. The number of hydrogen-bond donors (Lipinski definition) is 0. The molecule has 2 aliphatic rings. The Morgan fingerprint density at radius 3 is 2.42 bits per heavy atom. The molecule has 0 spiro atoms. The van der Waals surface area contributed by atoms with Crippen LogP contribution >= 0.6 is 0 Å². The summed E-state index contributed by atoms with van der Waals surface area (Å²) in [6.45, 7) is 1.11. The molecule has 0 saturated carbocycles. The zero-order chi connectivity index (χ0) is 13.1. The van der Waals surface area contributed by atoms with E-state index in [9.17, 15) is 0 Å². The van der Waals surface area contributed by atoms with Gasteiger partial charge in [0.05, 0.1) is 6.07 Å². The molecule has 1 aromatic carbocycles. The van der Waals surface area contributed by atoms with Crippen LogP contribution in [0.2, 0.25) is 0 Å². The summed E-state index contributed by atoms with van der Waals surface area (Å²) in [6, 6.07) is 14.7. The number of hydrogen-bond acceptors (Lipinski definition) is 2. The molecule has 2 bridgehead atoms. The van der Waals surface area contributed by atoms with Gasteiger partial charge in [-0.25, -0.2) is 0 Å². The predicted octanol–water partition coefficient (Wildman–Crippen LogP) is 3.73. The Morgan fingerprint density at radius 2 is 1.79 bits per heavy atom. The highest BCUT2D eigenvalue weighted by molar-refractivity contribution is 5.15. The van der Waals surface area contributed by atoms with Gasteiger partial charge in [-0.3, -0.25) is 4.90 Å². The number of nitriles is 1. The number of nitrogens with zero attached hydrogens (tertiary/aromatic N) is 2. The van der Waals surface area contributed by atoms with Crippen molar-refractivity contribution in [3.8, 4) is 6.07 Å². The van der Waals surface area contributed by atoms with E-state index in [-0.39, 0.29) is 0 Å². The summed E-state index contributed by atoms with van der Waals surface area (Å²) in [5, 5.41) is 8.73. The smallest absolute Gasteiger partial charge is 0.0621 e. The van der Waals surface area contributed by atoms with Gasteiger partial charge >= 0.3 is 0 Å². The zero-order valence-electron chi connectivity index (χ0n) is 11.5. The number of piperidine rings is 1. The molecule has 0 N–H and O–H groups in total. The van der Waals surface area contributed by atoms with E-state index >= 15 is 0 Å². The van der Waals surface area contributed by atoms with E-state index in [2.05, 4.69) is 41.3 Å². The standard InChI is InChI=1S/C17H22N2/c18-10-4-7-15-11-16-8-9-17(12-15)19(16)13-14-5-2-1-3-6-14/h1-3,5-6,15-17H,4,7-9,11-13H2. The van der Waals surface area contributed by atoms with E-state index in [0.29, 0.717) is 0 Å². The summed E-state index contributed by atoms with van der Waals surface area (Å²) < 4.78 is 0. The fourth-order valence-electron chi connectivity index (χ4n) is 3.94. The first-order chi connectivity index (χ1) is 9.36. The first kappa shape index (κ1) is 12.7. The zero-order valence-corrected chi connectivity index (χ0v) is 11.5. The molecule has 2 unspecified atom stereocenters. The first-order valence-corrected chi connectivity index (χ1v) is 7.53. The van der Waals surface area contributed by atoms with Crippen molar-refractivity contribution in [1.29, 1.82) is 5.26 Å². The lowest BCUT2D eigenvalue weighted by molar-refractivity contribution is 0.0934. The molecule has 2 aliphatic heterocycles. The molecule has 2 saturated heterocycles. The van der Waals surface area contributed by atoms with E-state index < -0.39 is 0 Å². The van der Waals surface area contributed by atoms with E-state index in [0.717, 1.165) is 37.4 Å². The Labute approximate surface area is 116 Å². The summed E-state index contributed by atoms with van der Waals surface area (Å²) in [4.78, 5) is 2.72. The van der Waals surface area contributed by atoms with E-state index in [1.165, 1.54) is 31.2 Å². The Kier molecular flexibility index (Phi) is 3.84. The van der Waals surface area contributed by atoms with E-state index in [1.54, 1.807) is 0 Å². The average Bonchev–Trinajstić information content (AvgIpc) is 2.69. The summed E-state index contributed by atoms with van der Waals surface area (Å²) in [7, 11) is 0. The van der Waals surface area contributed by atoms with Gasteiger partial charge < -0.3 is 0 Å². The van der Waals surface area contributed by atoms with Crippen molar-refractivity contribution in [2.75, 3.05) is 0 Å². The summed E-state index contributed by atoms with van der Waals surface area (Å²) in [6.07, 6.45) is 7.20. The van der Waals surface area contributed by atoms with Gasteiger partial charge in [0, 0.05) is 25.0 Å². The SMILES string of the molecule is N#CCCC1CC2CCC(C1)N2Cc1ccccc1. The lowest BCUT2D eigenvalue weighted by Gasteiger charge is -2.39. The number of benzene rings is 1. The molecule has 0 radical (unpaired) electrons. The third-order valence-corrected chi connectivity index (χ3v) is 4.85. The largest absolute Gasteiger partial charge is 0.293 e. The third kappa shape index (κ3) is 2.82. The Bertz CT molecular complexity index is 434. The van der Waals surface area contributed by atoms with Crippen molar-refractivity contribution in [1.82, 2.24) is 4.90 Å². The summed E-state index contributed by atoms with van der Waals surface area (Å²) >= 11 is 0. The molecule has 2 atom stereocenters. The van der Waals surface area contributed by atoms with Crippen molar-refractivity contribution < 1.29 is 0 Å². The fourth-order valence-corrected chi connectivity index (χ4v) is 3.94. The molecule has 19 heavy (non-hydrogen) atoms. The minimum atomic E-state index is 0.739. The lowest BCUT2D eigenvalue weighted by atomic mass is 9.87. The van der Waals surface area contributed by atoms with Crippen LogP contribution in [0.4, 0.5) is 0 Å². The molecule has 2 nitrogen and oxygen atoms in total. The molecule has 0 aromatic heterocycles. The van der Waals surface area contributed by atoms with Crippen molar-refractivity contribution in [2.45, 2.75) is 57.2 Å². The van der Waals surface area contributed by atoms with Crippen molar-refractivity contribution >= 4 is 0 Å². The third-order valence-electron chi connectivity index (χ3n) is 4.85. The second kappa shape index (κ2) is 5.75. The monoisotopic (exact) mass is 254 g/mol. The molecule has 3 rings (SSSR count). The summed E-state index contributed by atoms with van der Waals surface area (Å²) in [5.74, 6) is 0.796. The second-order valence-corrected chi connectivity index (χ2v) is 6.08. The highest BCUT2D eigenvalue weighted by atomic mass is 15.2. The molecule has 2 heterocycles. The second-order valence-electron chi connectivity index (χ2n) is 6.08. The van der Waals surface area contributed by atoms with Gasteiger partial charge in [-0.1, -0.05) is 30.3 Å². The van der Waals surface area contributed by atoms with Gasteiger partial charge in [-0.2, -0.15) is 5.26 Å². The van der Waals surface area contributed by atoms with Crippen LogP contribution in [0.5, 0.6) is 0 Å². The molecule has 2 heteroatoms. The molecule has 1 aromatic rings. The highest BCUT2D eigenvalue weighted by Crippen LogP contribution is 2.40. The van der Waals surface area contributed by atoms with E-state index in [4.69, 9.17) is 5.26 Å². The van der Waals surface area contributed by atoms with Crippen LogP contribution in [0.1, 0.15) is 44.1 Å². The maximum absolute atomic E-state index is 8.73. The van der Waals surface area contributed by atoms with Crippen LogP contribution in [0.25, 0.3) is 0 Å². The lowest BCUT2D eigenvalue weighted by Crippen LogP contribution is -2.42. The molecule has 2 fully saturated rings. The van der Waals surface area contributed by atoms with Crippen molar-refractivity contribution in [3.63, 3.8) is 0 Å². The van der Waals surface area contributed by atoms with Crippen LogP contribution in [0.15, 0.2) is 30.3 Å². The topological polar surface area (TPSA) is 27.0 Å². The Hall–Kier alpha value is -1.33. The minimum absolute atomic E-state index is 0.739. The van der Waals surface area contributed by atoms with Crippen LogP contribution in [-0.4, -0.2) is 17.0 Å². The fraction of sp³-hybridized carbons (Fsp3) is 0.588. The van der Waals surface area contributed by atoms with Gasteiger partial charge in [-0.15, -0.1) is 0 Å². The van der Waals surface area contributed by atoms with E-state index in [1.807, 2.05) is 0 Å².